The van der Waals surface area contributed by atoms with Crippen LogP contribution in [0, 0.1) is 6.92 Å². The van der Waals surface area contributed by atoms with Crippen LogP contribution in [-0.4, -0.2) is 24.7 Å². The van der Waals surface area contributed by atoms with Gasteiger partial charge < -0.3 is 9.47 Å². The molecular weight excluding hydrogens is 404 g/mol. The van der Waals surface area contributed by atoms with Crippen molar-refractivity contribution in [1.82, 2.24) is 5.43 Å². The van der Waals surface area contributed by atoms with Crippen molar-refractivity contribution in [2.45, 2.75) is 6.92 Å². The van der Waals surface area contributed by atoms with Crippen LogP contribution in [0.3, 0.4) is 0 Å². The van der Waals surface area contributed by atoms with Crippen LogP contribution in [-0.2, 0) is 4.79 Å². The lowest BCUT2D eigenvalue weighted by molar-refractivity contribution is -0.123. The maximum absolute atomic E-state index is 12.1. The van der Waals surface area contributed by atoms with Crippen LogP contribution in [0.5, 0.6) is 11.5 Å². The molecule has 0 aromatic heterocycles. The first kappa shape index (κ1) is 21.1. The van der Waals surface area contributed by atoms with Gasteiger partial charge in [0, 0.05) is 5.02 Å². The molecule has 0 atom stereocenters. The van der Waals surface area contributed by atoms with E-state index in [0.717, 1.165) is 11.1 Å². The van der Waals surface area contributed by atoms with E-state index in [1.165, 1.54) is 12.3 Å². The number of benzene rings is 3. The summed E-state index contributed by atoms with van der Waals surface area (Å²) < 4.78 is 10.7. The normalized spacial score (nSPS) is 10.6. The Morgan fingerprint density at radius 1 is 1.00 bits per heavy atom. The third kappa shape index (κ3) is 6.46. The van der Waals surface area contributed by atoms with E-state index >= 15 is 0 Å². The number of halogens is 1. The number of hydrogen-bond acceptors (Lipinski definition) is 5. The third-order valence-corrected chi connectivity index (χ3v) is 4.18. The minimum Gasteiger partial charge on any atom is -0.484 e. The summed E-state index contributed by atoms with van der Waals surface area (Å²) >= 11 is 5.88. The van der Waals surface area contributed by atoms with E-state index in [1.54, 1.807) is 54.6 Å². The van der Waals surface area contributed by atoms with E-state index in [-0.39, 0.29) is 12.5 Å². The number of esters is 1. The molecular formula is C23H19ClN2O4. The molecule has 1 N–H and O–H groups in total. The Bertz CT molecular complexity index is 1050. The van der Waals surface area contributed by atoms with Gasteiger partial charge in [0.1, 0.15) is 11.5 Å². The van der Waals surface area contributed by atoms with Crippen LogP contribution >= 0.6 is 11.6 Å². The van der Waals surface area contributed by atoms with Gasteiger partial charge in [-0.2, -0.15) is 5.10 Å². The molecule has 3 rings (SSSR count). The lowest BCUT2D eigenvalue weighted by Gasteiger charge is -2.05. The minimum absolute atomic E-state index is 0.140. The van der Waals surface area contributed by atoms with Gasteiger partial charge in [-0.15, -0.1) is 0 Å². The summed E-state index contributed by atoms with van der Waals surface area (Å²) in [5.41, 5.74) is 4.59. The Hall–Kier alpha value is -3.64. The van der Waals surface area contributed by atoms with Crippen LogP contribution in [0.15, 0.2) is 77.9 Å². The van der Waals surface area contributed by atoms with Crippen LogP contribution < -0.4 is 14.9 Å². The molecule has 152 valence electrons. The van der Waals surface area contributed by atoms with Crippen molar-refractivity contribution in [1.29, 1.82) is 0 Å². The highest BCUT2D eigenvalue weighted by Crippen LogP contribution is 2.16. The van der Waals surface area contributed by atoms with Gasteiger partial charge in [0.05, 0.1) is 11.8 Å². The van der Waals surface area contributed by atoms with Crippen LogP contribution in [0.25, 0.3) is 0 Å². The molecule has 0 radical (unpaired) electrons. The Kier molecular flexibility index (Phi) is 7.19. The summed E-state index contributed by atoms with van der Waals surface area (Å²) in [7, 11) is 0. The molecule has 0 aliphatic carbocycles. The fraction of sp³-hybridized carbons (Fsp3) is 0.0870. The Balaban J connectivity index is 1.46. The number of amides is 1. The highest BCUT2D eigenvalue weighted by molar-refractivity contribution is 6.30. The van der Waals surface area contributed by atoms with Gasteiger partial charge in [0.25, 0.3) is 5.91 Å². The zero-order chi connectivity index (χ0) is 21.3. The average molecular weight is 423 g/mol. The largest absolute Gasteiger partial charge is 0.484 e. The molecule has 0 saturated carbocycles. The van der Waals surface area contributed by atoms with Gasteiger partial charge >= 0.3 is 5.97 Å². The second-order valence-electron chi connectivity index (χ2n) is 6.36. The zero-order valence-corrected chi connectivity index (χ0v) is 16.9. The van der Waals surface area contributed by atoms with Crippen molar-refractivity contribution in [2.75, 3.05) is 6.61 Å². The van der Waals surface area contributed by atoms with E-state index in [2.05, 4.69) is 10.5 Å². The van der Waals surface area contributed by atoms with Gasteiger partial charge in [0.2, 0.25) is 0 Å². The van der Waals surface area contributed by atoms with Crippen LogP contribution in [0.1, 0.15) is 21.5 Å². The number of rotatable bonds is 7. The molecule has 1 amide bonds. The van der Waals surface area contributed by atoms with E-state index in [1.807, 2.05) is 19.1 Å². The number of nitrogens with zero attached hydrogens (tertiary/aromatic N) is 1. The van der Waals surface area contributed by atoms with Crippen molar-refractivity contribution in [2.24, 2.45) is 5.10 Å². The van der Waals surface area contributed by atoms with Gasteiger partial charge in [-0.1, -0.05) is 35.4 Å². The smallest absolute Gasteiger partial charge is 0.343 e. The van der Waals surface area contributed by atoms with E-state index in [9.17, 15) is 9.59 Å². The molecule has 0 aliphatic rings. The molecule has 0 saturated heterocycles. The molecule has 0 bridgehead atoms. The summed E-state index contributed by atoms with van der Waals surface area (Å²) in [5, 5.41) is 4.35. The molecule has 0 fully saturated rings. The maximum atomic E-state index is 12.1. The second-order valence-corrected chi connectivity index (χ2v) is 6.80. The molecule has 0 spiro atoms. The molecule has 3 aromatic rings. The summed E-state index contributed by atoms with van der Waals surface area (Å²) in [6.07, 6.45) is 1.48. The number of aryl methyl sites for hydroxylation is 1. The van der Waals surface area contributed by atoms with Gasteiger partial charge in [-0.05, 0) is 67.1 Å². The molecule has 3 aromatic carbocycles. The van der Waals surface area contributed by atoms with E-state index < -0.39 is 5.97 Å². The number of carbonyl (C=O) groups is 2. The predicted octanol–water partition coefficient (Wildman–Crippen LogP) is 4.40. The Morgan fingerprint density at radius 2 is 1.70 bits per heavy atom. The summed E-state index contributed by atoms with van der Waals surface area (Å²) in [5.74, 6) is 0.119. The first-order chi connectivity index (χ1) is 14.5. The van der Waals surface area contributed by atoms with E-state index in [0.29, 0.717) is 22.1 Å². The second kappa shape index (κ2) is 10.2. The van der Waals surface area contributed by atoms with Crippen molar-refractivity contribution >= 4 is 29.7 Å². The first-order valence-electron chi connectivity index (χ1n) is 9.09. The first-order valence-corrected chi connectivity index (χ1v) is 9.46. The van der Waals surface area contributed by atoms with Gasteiger partial charge in [0.15, 0.2) is 6.61 Å². The SMILES string of the molecule is Cc1ccc(OCC(=O)N/N=C/c2ccc(OC(=O)c3cccc(Cl)c3)cc2)cc1. The lowest BCUT2D eigenvalue weighted by atomic mass is 10.2. The van der Waals surface area contributed by atoms with Crippen LogP contribution in [0.2, 0.25) is 5.02 Å². The Labute approximate surface area is 179 Å². The Morgan fingerprint density at radius 3 is 2.40 bits per heavy atom. The quantitative estimate of drug-likeness (QED) is 0.265. The summed E-state index contributed by atoms with van der Waals surface area (Å²) in [6, 6.07) is 20.6. The van der Waals surface area contributed by atoms with Crippen molar-refractivity contribution < 1.29 is 19.1 Å². The standard InChI is InChI=1S/C23H19ClN2O4/c1-16-5-9-20(10-6-16)29-15-22(27)26-25-14-17-7-11-21(12-8-17)30-23(28)18-3-2-4-19(24)13-18/h2-14H,15H2,1H3,(H,26,27)/b25-14+. The molecule has 0 aliphatic heterocycles. The number of hydrogen-bond donors (Lipinski definition) is 1. The topological polar surface area (TPSA) is 77.0 Å². The number of nitrogens with one attached hydrogen (secondary N) is 1. The average Bonchev–Trinajstić information content (AvgIpc) is 2.74. The van der Waals surface area contributed by atoms with Gasteiger partial charge in [-0.3, -0.25) is 4.79 Å². The molecule has 0 unspecified atom stereocenters. The van der Waals surface area contributed by atoms with Crippen LogP contribution in [0.4, 0.5) is 0 Å². The zero-order valence-electron chi connectivity index (χ0n) is 16.2. The fourth-order valence-electron chi connectivity index (χ4n) is 2.40. The van der Waals surface area contributed by atoms with Crippen molar-refractivity contribution in [3.8, 4) is 11.5 Å². The highest BCUT2D eigenvalue weighted by Gasteiger charge is 2.08. The fourth-order valence-corrected chi connectivity index (χ4v) is 2.59. The van der Waals surface area contributed by atoms with Gasteiger partial charge in [-0.25, -0.2) is 10.2 Å². The molecule has 7 heteroatoms. The molecule has 6 nitrogen and oxygen atoms in total. The third-order valence-electron chi connectivity index (χ3n) is 3.94. The summed E-state index contributed by atoms with van der Waals surface area (Å²) in [4.78, 5) is 23.9. The number of ether oxygens (including phenoxy) is 2. The van der Waals surface area contributed by atoms with Crippen molar-refractivity contribution in [3.63, 3.8) is 0 Å². The predicted molar refractivity (Wildman–Crippen MR) is 115 cm³/mol. The molecule has 0 heterocycles. The minimum atomic E-state index is -0.500. The molecule has 30 heavy (non-hydrogen) atoms. The lowest BCUT2D eigenvalue weighted by Crippen LogP contribution is -2.24. The van der Waals surface area contributed by atoms with Crippen molar-refractivity contribution in [3.05, 3.63) is 94.5 Å². The highest BCUT2D eigenvalue weighted by atomic mass is 35.5. The number of hydrazone groups is 1. The monoisotopic (exact) mass is 422 g/mol. The van der Waals surface area contributed by atoms with E-state index in [4.69, 9.17) is 21.1 Å². The maximum Gasteiger partial charge on any atom is 0.343 e. The number of carbonyl (C=O) groups excluding carboxylic acids is 2. The summed E-state index contributed by atoms with van der Waals surface area (Å²) in [6.45, 7) is 1.83.